The van der Waals surface area contributed by atoms with E-state index in [0.29, 0.717) is 17.0 Å². The van der Waals surface area contributed by atoms with Crippen LogP contribution in [0.25, 0.3) is 11.2 Å². The number of aliphatic hydroxyl groups excluding tert-OH is 2. The summed E-state index contributed by atoms with van der Waals surface area (Å²) in [5.74, 6) is 0.967. The molecule has 2 aromatic rings. The van der Waals surface area contributed by atoms with E-state index >= 15 is 0 Å². The number of methoxy groups -OCH3 is 1. The van der Waals surface area contributed by atoms with Crippen LogP contribution in [-0.2, 0) is 9.47 Å². The molecule has 3 rings (SSSR count). The Morgan fingerprint density at radius 2 is 2.17 bits per heavy atom. The van der Waals surface area contributed by atoms with E-state index in [0.717, 1.165) is 0 Å². The molecule has 126 valence electrons. The predicted octanol–water partition coefficient (Wildman–Crippen LogP) is -0.203. The Morgan fingerprint density at radius 3 is 2.74 bits per heavy atom. The minimum atomic E-state index is -0.965. The molecule has 4 N–H and O–H groups in total. The van der Waals surface area contributed by atoms with Gasteiger partial charge in [0.15, 0.2) is 17.7 Å². The number of aromatic nitrogens is 4. The number of nitrogens with zero attached hydrogens (tertiary/aromatic N) is 4. The van der Waals surface area contributed by atoms with Crippen molar-refractivity contribution in [3.05, 3.63) is 12.2 Å². The fourth-order valence-electron chi connectivity index (χ4n) is 2.79. The van der Waals surface area contributed by atoms with Gasteiger partial charge in [0, 0.05) is 13.0 Å². The second kappa shape index (κ2) is 6.00. The highest BCUT2D eigenvalue weighted by atomic mass is 16.6. The normalized spacial score (nSPS) is 28.1. The molecular formula is C14H21N5O4. The van der Waals surface area contributed by atoms with Crippen LogP contribution >= 0.6 is 0 Å². The molecule has 0 saturated carbocycles. The van der Waals surface area contributed by atoms with Gasteiger partial charge in [0.2, 0.25) is 0 Å². The summed E-state index contributed by atoms with van der Waals surface area (Å²) in [7, 11) is 1.46. The minimum Gasteiger partial charge on any atom is -0.394 e. The Morgan fingerprint density at radius 1 is 1.43 bits per heavy atom. The number of aliphatic hydroxyl groups is 2. The van der Waals surface area contributed by atoms with Crippen molar-refractivity contribution in [2.75, 3.05) is 19.5 Å². The molecule has 1 aliphatic rings. The summed E-state index contributed by atoms with van der Waals surface area (Å²) in [6, 6.07) is 0. The molecule has 0 bridgehead atoms. The fourth-order valence-corrected chi connectivity index (χ4v) is 2.79. The Bertz CT molecular complexity index is 704. The van der Waals surface area contributed by atoms with E-state index in [9.17, 15) is 10.2 Å². The molecule has 0 radical (unpaired) electrons. The summed E-state index contributed by atoms with van der Waals surface area (Å²) < 4.78 is 12.5. The lowest BCUT2D eigenvalue weighted by Gasteiger charge is -2.18. The van der Waals surface area contributed by atoms with E-state index in [-0.39, 0.29) is 18.3 Å². The van der Waals surface area contributed by atoms with Gasteiger partial charge >= 0.3 is 0 Å². The number of hydrogen-bond acceptors (Lipinski definition) is 8. The third-order valence-corrected chi connectivity index (χ3v) is 4.02. The lowest BCUT2D eigenvalue weighted by molar-refractivity contribution is -0.0536. The monoisotopic (exact) mass is 323 g/mol. The number of hydrogen-bond donors (Lipinski definition) is 3. The first-order chi connectivity index (χ1) is 11.0. The van der Waals surface area contributed by atoms with Crippen LogP contribution in [0.3, 0.4) is 0 Å². The van der Waals surface area contributed by atoms with E-state index in [4.69, 9.17) is 15.2 Å². The molecule has 0 aromatic carbocycles. The van der Waals surface area contributed by atoms with Gasteiger partial charge in [-0.3, -0.25) is 4.57 Å². The highest BCUT2D eigenvalue weighted by molar-refractivity contribution is 5.81. The number of ether oxygens (including phenoxy) is 2. The summed E-state index contributed by atoms with van der Waals surface area (Å²) in [5.41, 5.74) is 6.89. The number of anilines is 1. The van der Waals surface area contributed by atoms with Gasteiger partial charge < -0.3 is 25.4 Å². The highest BCUT2D eigenvalue weighted by Crippen LogP contribution is 2.33. The van der Waals surface area contributed by atoms with E-state index < -0.39 is 24.5 Å². The predicted molar refractivity (Wildman–Crippen MR) is 81.6 cm³/mol. The topological polar surface area (TPSA) is 129 Å². The second-order valence-electron chi connectivity index (χ2n) is 5.88. The molecule has 0 amide bonds. The van der Waals surface area contributed by atoms with Crippen molar-refractivity contribution < 1.29 is 19.7 Å². The number of nitrogens with two attached hydrogens (primary N) is 1. The van der Waals surface area contributed by atoms with Crippen molar-refractivity contribution in [1.82, 2.24) is 19.5 Å². The fraction of sp³-hybridized carbons (Fsp3) is 0.643. The molecule has 1 aliphatic heterocycles. The van der Waals surface area contributed by atoms with Crippen LogP contribution in [0.4, 0.5) is 5.82 Å². The average molecular weight is 323 g/mol. The van der Waals surface area contributed by atoms with E-state index in [1.165, 1.54) is 13.4 Å². The molecule has 1 fully saturated rings. The molecule has 0 aliphatic carbocycles. The minimum absolute atomic E-state index is 0.0939. The van der Waals surface area contributed by atoms with Gasteiger partial charge in [0.25, 0.3) is 0 Å². The summed E-state index contributed by atoms with van der Waals surface area (Å²) in [4.78, 5) is 13.0. The van der Waals surface area contributed by atoms with Crippen LogP contribution in [0.15, 0.2) is 6.33 Å². The number of fused-ring (bicyclic) bond motifs is 1. The van der Waals surface area contributed by atoms with Crippen molar-refractivity contribution >= 4 is 17.0 Å². The average Bonchev–Trinajstić information content (AvgIpc) is 3.07. The van der Waals surface area contributed by atoms with Gasteiger partial charge in [-0.25, -0.2) is 15.0 Å². The van der Waals surface area contributed by atoms with Gasteiger partial charge in [-0.2, -0.15) is 0 Å². The van der Waals surface area contributed by atoms with Crippen molar-refractivity contribution in [2.45, 2.75) is 44.3 Å². The summed E-state index contributed by atoms with van der Waals surface area (Å²) >= 11 is 0. The first-order valence-corrected chi connectivity index (χ1v) is 7.45. The first kappa shape index (κ1) is 16.1. The molecule has 23 heavy (non-hydrogen) atoms. The largest absolute Gasteiger partial charge is 0.394 e. The Kier molecular flexibility index (Phi) is 4.19. The van der Waals surface area contributed by atoms with Crippen LogP contribution in [-0.4, -0.2) is 61.8 Å². The molecule has 1 saturated heterocycles. The molecule has 9 heteroatoms. The molecule has 3 heterocycles. The Balaban J connectivity index is 2.06. The van der Waals surface area contributed by atoms with Crippen molar-refractivity contribution in [3.63, 3.8) is 0 Å². The molecule has 2 aromatic heterocycles. The van der Waals surface area contributed by atoms with Crippen LogP contribution < -0.4 is 5.73 Å². The van der Waals surface area contributed by atoms with Crippen LogP contribution in [0.2, 0.25) is 0 Å². The van der Waals surface area contributed by atoms with Crippen LogP contribution in [0, 0.1) is 0 Å². The molecule has 2 unspecified atom stereocenters. The van der Waals surface area contributed by atoms with Crippen molar-refractivity contribution in [3.8, 4) is 0 Å². The third-order valence-electron chi connectivity index (χ3n) is 4.02. The van der Waals surface area contributed by atoms with Crippen LogP contribution in [0.1, 0.15) is 31.8 Å². The number of rotatable bonds is 4. The summed E-state index contributed by atoms with van der Waals surface area (Å²) in [6.45, 7) is 3.67. The van der Waals surface area contributed by atoms with Gasteiger partial charge in [-0.15, -0.1) is 0 Å². The van der Waals surface area contributed by atoms with Gasteiger partial charge in [0.05, 0.1) is 12.9 Å². The van der Waals surface area contributed by atoms with Crippen LogP contribution in [0.5, 0.6) is 0 Å². The third kappa shape index (κ3) is 2.55. The van der Waals surface area contributed by atoms with Gasteiger partial charge in [-0.05, 0) is 0 Å². The lowest BCUT2D eigenvalue weighted by Crippen LogP contribution is -2.35. The number of imidazole rings is 1. The molecule has 9 nitrogen and oxygen atoms in total. The number of nitrogen functional groups attached to an aromatic ring is 1. The Hall–Kier alpha value is -1.81. The zero-order valence-electron chi connectivity index (χ0n) is 13.2. The quantitative estimate of drug-likeness (QED) is 0.705. The van der Waals surface area contributed by atoms with Gasteiger partial charge in [-0.1, -0.05) is 13.8 Å². The van der Waals surface area contributed by atoms with E-state index in [2.05, 4.69) is 15.0 Å². The first-order valence-electron chi connectivity index (χ1n) is 7.45. The highest BCUT2D eigenvalue weighted by Gasteiger charge is 2.45. The molecular weight excluding hydrogens is 302 g/mol. The van der Waals surface area contributed by atoms with E-state index in [1.807, 2.05) is 13.8 Å². The maximum absolute atomic E-state index is 10.4. The maximum Gasteiger partial charge on any atom is 0.167 e. The SMILES string of the molecule is COC1C(O)[C@H](n2cnc3c(N)nc(C(C)C)nc32)O[C@@H]1CO. The smallest absolute Gasteiger partial charge is 0.167 e. The zero-order valence-corrected chi connectivity index (χ0v) is 13.2. The van der Waals surface area contributed by atoms with Crippen molar-refractivity contribution in [1.29, 1.82) is 0 Å². The van der Waals surface area contributed by atoms with Gasteiger partial charge in [0.1, 0.15) is 29.7 Å². The lowest BCUT2D eigenvalue weighted by atomic mass is 10.1. The standard InChI is InChI=1S/C14H21N5O4/c1-6(2)12-17-11(15)8-13(18-12)19(5-16-8)14-9(21)10(22-3)7(4-20)23-14/h5-7,9-10,14,20-21H,4H2,1-3H3,(H2,15,17,18)/t7-,9?,10?,14-/m1/s1. The molecule has 0 spiro atoms. The summed E-state index contributed by atoms with van der Waals surface area (Å²) in [5, 5.41) is 19.8. The summed E-state index contributed by atoms with van der Waals surface area (Å²) in [6.07, 6.45) is -1.49. The Labute approximate surface area is 133 Å². The van der Waals surface area contributed by atoms with Crippen molar-refractivity contribution in [2.24, 2.45) is 0 Å². The zero-order chi connectivity index (χ0) is 16.7. The molecule has 4 atom stereocenters. The second-order valence-corrected chi connectivity index (χ2v) is 5.88. The maximum atomic E-state index is 10.4. The van der Waals surface area contributed by atoms with E-state index in [1.54, 1.807) is 4.57 Å².